The lowest BCUT2D eigenvalue weighted by Crippen LogP contribution is -2.28. The van der Waals surface area contributed by atoms with Gasteiger partial charge in [-0.1, -0.05) is 17.7 Å². The number of rotatable bonds is 5. The number of anilines is 1. The average Bonchev–Trinajstić information content (AvgIpc) is 3.19. The molecule has 0 atom stereocenters. The van der Waals surface area contributed by atoms with Crippen molar-refractivity contribution in [2.45, 2.75) is 13.5 Å². The van der Waals surface area contributed by atoms with Crippen LogP contribution in [0, 0.1) is 5.82 Å². The van der Waals surface area contributed by atoms with Crippen LogP contribution in [0.2, 0.25) is 5.02 Å². The van der Waals surface area contributed by atoms with Crippen molar-refractivity contribution in [1.29, 1.82) is 0 Å². The molecule has 3 heterocycles. The predicted octanol–water partition coefficient (Wildman–Crippen LogP) is 3.87. The zero-order chi connectivity index (χ0) is 21.1. The third-order valence-electron chi connectivity index (χ3n) is 4.24. The number of carbonyl (C=O) groups excluding carboxylic acids is 1. The molecule has 30 heavy (non-hydrogen) atoms. The molecule has 3 aromatic heterocycles. The van der Waals surface area contributed by atoms with Gasteiger partial charge in [0.1, 0.15) is 17.2 Å². The molecule has 8 nitrogen and oxygen atoms in total. The average molecular weight is 426 g/mol. The highest BCUT2D eigenvalue weighted by atomic mass is 35.5. The second-order valence-electron chi connectivity index (χ2n) is 6.45. The van der Waals surface area contributed by atoms with Crippen molar-refractivity contribution >= 4 is 34.6 Å². The zero-order valence-corrected chi connectivity index (χ0v) is 16.7. The van der Waals surface area contributed by atoms with Crippen molar-refractivity contribution in [1.82, 2.24) is 30.0 Å². The maximum atomic E-state index is 13.3. The third-order valence-corrected chi connectivity index (χ3v) is 4.53. The van der Waals surface area contributed by atoms with Gasteiger partial charge in [0.2, 0.25) is 0 Å². The Morgan fingerprint density at radius 1 is 1.20 bits per heavy atom. The Labute approximate surface area is 176 Å². The van der Waals surface area contributed by atoms with E-state index in [2.05, 4.69) is 30.7 Å². The highest BCUT2D eigenvalue weighted by Gasteiger charge is 2.09. The summed E-state index contributed by atoms with van der Waals surface area (Å²) in [5.41, 5.74) is 3.17. The molecule has 0 spiro atoms. The summed E-state index contributed by atoms with van der Waals surface area (Å²) < 4.78 is 15.0. The topological polar surface area (TPSA) is 97.6 Å². The van der Waals surface area contributed by atoms with Gasteiger partial charge in [-0.3, -0.25) is 15.0 Å². The van der Waals surface area contributed by atoms with Crippen molar-refractivity contribution in [3.63, 3.8) is 0 Å². The SMILES string of the molecule is CCNC(=O)Nc1ccc2ncc(-c3cnn(Cc4ccc(F)c(Cl)c4)c3)nc2n1. The molecule has 0 unspecified atom stereocenters. The van der Waals surface area contributed by atoms with E-state index in [1.165, 1.54) is 6.07 Å². The molecule has 152 valence electrons. The second kappa shape index (κ2) is 8.42. The minimum Gasteiger partial charge on any atom is -0.338 e. The van der Waals surface area contributed by atoms with Gasteiger partial charge in [0.05, 0.1) is 29.7 Å². The van der Waals surface area contributed by atoms with Crippen LogP contribution in [-0.4, -0.2) is 37.3 Å². The van der Waals surface area contributed by atoms with Crippen LogP contribution in [-0.2, 0) is 6.54 Å². The highest BCUT2D eigenvalue weighted by molar-refractivity contribution is 6.30. The number of fused-ring (bicyclic) bond motifs is 1. The molecule has 4 rings (SSSR count). The van der Waals surface area contributed by atoms with E-state index < -0.39 is 5.82 Å². The normalized spacial score (nSPS) is 10.9. The van der Waals surface area contributed by atoms with E-state index in [4.69, 9.17) is 11.6 Å². The van der Waals surface area contributed by atoms with E-state index in [1.54, 1.807) is 41.3 Å². The number of amides is 2. The molecule has 0 aliphatic rings. The molecule has 0 aliphatic carbocycles. The molecule has 0 saturated heterocycles. The molecule has 0 aliphatic heterocycles. The third kappa shape index (κ3) is 4.36. The van der Waals surface area contributed by atoms with Crippen LogP contribution in [0.3, 0.4) is 0 Å². The van der Waals surface area contributed by atoms with Gasteiger partial charge < -0.3 is 5.32 Å². The van der Waals surface area contributed by atoms with E-state index in [9.17, 15) is 9.18 Å². The first kappa shape index (κ1) is 19.7. The molecule has 0 fully saturated rings. The largest absolute Gasteiger partial charge is 0.338 e. The molecule has 0 bridgehead atoms. The molecule has 1 aromatic carbocycles. The molecule has 2 N–H and O–H groups in total. The summed E-state index contributed by atoms with van der Waals surface area (Å²) in [6.45, 7) is 2.77. The predicted molar refractivity (Wildman–Crippen MR) is 112 cm³/mol. The number of hydrogen-bond acceptors (Lipinski definition) is 5. The minimum atomic E-state index is -0.457. The highest BCUT2D eigenvalue weighted by Crippen LogP contribution is 2.20. The Hall–Kier alpha value is -3.59. The van der Waals surface area contributed by atoms with Crippen molar-refractivity contribution in [2.75, 3.05) is 11.9 Å². The maximum absolute atomic E-state index is 13.3. The Bertz CT molecular complexity index is 1230. The fourth-order valence-electron chi connectivity index (χ4n) is 2.83. The summed E-state index contributed by atoms with van der Waals surface area (Å²) in [4.78, 5) is 25.0. The lowest BCUT2D eigenvalue weighted by Gasteiger charge is -2.06. The number of carbonyl (C=O) groups is 1. The Morgan fingerprint density at radius 2 is 2.07 bits per heavy atom. The van der Waals surface area contributed by atoms with Crippen LogP contribution in [0.25, 0.3) is 22.4 Å². The number of halogens is 2. The maximum Gasteiger partial charge on any atom is 0.320 e. The van der Waals surface area contributed by atoms with E-state index >= 15 is 0 Å². The van der Waals surface area contributed by atoms with E-state index in [-0.39, 0.29) is 11.1 Å². The monoisotopic (exact) mass is 425 g/mol. The number of aromatic nitrogens is 5. The van der Waals surface area contributed by atoms with Crippen LogP contribution in [0.15, 0.2) is 48.9 Å². The van der Waals surface area contributed by atoms with Gasteiger partial charge in [0.25, 0.3) is 0 Å². The minimum absolute atomic E-state index is 0.0726. The van der Waals surface area contributed by atoms with Crippen LogP contribution in [0.4, 0.5) is 15.0 Å². The molecule has 0 radical (unpaired) electrons. The van der Waals surface area contributed by atoms with Crippen LogP contribution >= 0.6 is 11.6 Å². The van der Waals surface area contributed by atoms with E-state index in [0.717, 1.165) is 11.1 Å². The lowest BCUT2D eigenvalue weighted by molar-refractivity contribution is 0.252. The quantitative estimate of drug-likeness (QED) is 0.505. The molecular formula is C20H17ClFN7O. The Morgan fingerprint density at radius 3 is 2.87 bits per heavy atom. The fourth-order valence-corrected chi connectivity index (χ4v) is 3.04. The van der Waals surface area contributed by atoms with Crippen LogP contribution in [0.1, 0.15) is 12.5 Å². The van der Waals surface area contributed by atoms with Gasteiger partial charge in [-0.25, -0.2) is 19.2 Å². The van der Waals surface area contributed by atoms with Crippen LogP contribution < -0.4 is 10.6 Å². The molecule has 10 heteroatoms. The number of nitrogens with zero attached hydrogens (tertiary/aromatic N) is 5. The Balaban J connectivity index is 1.56. The first-order chi connectivity index (χ1) is 14.5. The summed E-state index contributed by atoms with van der Waals surface area (Å²) in [6, 6.07) is 7.62. The number of urea groups is 1. The van der Waals surface area contributed by atoms with Crippen LogP contribution in [0.5, 0.6) is 0 Å². The molecule has 2 amide bonds. The number of benzene rings is 1. The Kier molecular flexibility index (Phi) is 5.53. The smallest absolute Gasteiger partial charge is 0.320 e. The van der Waals surface area contributed by atoms with E-state index in [1.807, 2.05) is 13.1 Å². The summed E-state index contributed by atoms with van der Waals surface area (Å²) >= 11 is 5.84. The van der Waals surface area contributed by atoms with Gasteiger partial charge in [-0.05, 0) is 36.8 Å². The summed E-state index contributed by atoms with van der Waals surface area (Å²) in [5, 5.41) is 9.69. The molecule has 0 saturated carbocycles. The number of pyridine rings is 1. The number of nitrogens with one attached hydrogen (secondary N) is 2. The zero-order valence-electron chi connectivity index (χ0n) is 15.9. The van der Waals surface area contributed by atoms with Gasteiger partial charge in [0, 0.05) is 18.3 Å². The number of hydrogen-bond donors (Lipinski definition) is 2. The summed E-state index contributed by atoms with van der Waals surface area (Å²) in [5.74, 6) is -0.0784. The standard InChI is InChI=1S/C20H17ClFN7O/c1-2-23-20(30)28-18-6-5-16-19(27-18)26-17(9-24-16)13-8-25-29(11-13)10-12-3-4-15(22)14(21)7-12/h3-9,11H,2,10H2,1H3,(H2,23,26,27,28,30). The van der Waals surface area contributed by atoms with Gasteiger partial charge in [-0.15, -0.1) is 0 Å². The van der Waals surface area contributed by atoms with Crippen molar-refractivity contribution < 1.29 is 9.18 Å². The van der Waals surface area contributed by atoms with Crippen molar-refractivity contribution in [2.24, 2.45) is 0 Å². The first-order valence-corrected chi connectivity index (χ1v) is 9.55. The molecular weight excluding hydrogens is 409 g/mol. The fraction of sp³-hybridized carbons (Fsp3) is 0.150. The van der Waals surface area contributed by atoms with Gasteiger partial charge >= 0.3 is 6.03 Å². The van der Waals surface area contributed by atoms with Gasteiger partial charge in [-0.2, -0.15) is 5.10 Å². The van der Waals surface area contributed by atoms with Gasteiger partial charge in [0.15, 0.2) is 5.65 Å². The van der Waals surface area contributed by atoms with Crippen molar-refractivity contribution in [3.8, 4) is 11.3 Å². The van der Waals surface area contributed by atoms with Crippen molar-refractivity contribution in [3.05, 3.63) is 65.3 Å². The second-order valence-corrected chi connectivity index (χ2v) is 6.86. The summed E-state index contributed by atoms with van der Waals surface area (Å²) in [6.07, 6.45) is 5.11. The van der Waals surface area contributed by atoms with E-state index in [0.29, 0.717) is 35.8 Å². The molecule has 4 aromatic rings. The summed E-state index contributed by atoms with van der Waals surface area (Å²) in [7, 11) is 0. The lowest BCUT2D eigenvalue weighted by atomic mass is 10.2. The first-order valence-electron chi connectivity index (χ1n) is 9.17.